The number of halogens is 3. The first-order valence-corrected chi connectivity index (χ1v) is 9.42. The quantitative estimate of drug-likeness (QED) is 0.592. The van der Waals surface area contributed by atoms with E-state index in [0.29, 0.717) is 11.1 Å². The molecule has 0 aliphatic carbocycles. The SMILES string of the molecule is O=C(COc1cccc(C(F)(F)F)c1)Nc1cccc(N2C(=O)c3ccccc3C2=O)c1. The highest BCUT2D eigenvalue weighted by Gasteiger charge is 2.36. The Morgan fingerprint density at radius 1 is 0.875 bits per heavy atom. The van der Waals surface area contributed by atoms with Crippen LogP contribution in [0, 0.1) is 0 Å². The van der Waals surface area contributed by atoms with Crippen molar-refractivity contribution in [2.45, 2.75) is 6.18 Å². The Balaban J connectivity index is 1.43. The van der Waals surface area contributed by atoms with Crippen LogP contribution in [0.5, 0.6) is 5.75 Å². The number of alkyl halides is 3. The molecule has 9 heteroatoms. The summed E-state index contributed by atoms with van der Waals surface area (Å²) in [7, 11) is 0. The van der Waals surface area contributed by atoms with Crippen molar-refractivity contribution < 1.29 is 32.3 Å². The third kappa shape index (κ3) is 4.18. The minimum Gasteiger partial charge on any atom is -0.484 e. The maximum absolute atomic E-state index is 12.8. The Bertz CT molecular complexity index is 1190. The largest absolute Gasteiger partial charge is 0.484 e. The topological polar surface area (TPSA) is 75.7 Å². The lowest BCUT2D eigenvalue weighted by atomic mass is 10.1. The van der Waals surface area contributed by atoms with Gasteiger partial charge in [0.05, 0.1) is 22.4 Å². The van der Waals surface area contributed by atoms with Crippen LogP contribution >= 0.6 is 0 Å². The summed E-state index contributed by atoms with van der Waals surface area (Å²) in [5, 5.41) is 2.54. The van der Waals surface area contributed by atoms with Gasteiger partial charge >= 0.3 is 6.18 Å². The van der Waals surface area contributed by atoms with Gasteiger partial charge in [-0.2, -0.15) is 13.2 Å². The second-order valence-corrected chi connectivity index (χ2v) is 6.90. The predicted molar refractivity (Wildman–Crippen MR) is 110 cm³/mol. The summed E-state index contributed by atoms with van der Waals surface area (Å²) in [5.74, 6) is -1.67. The van der Waals surface area contributed by atoms with E-state index < -0.39 is 36.1 Å². The predicted octanol–water partition coefficient (Wildman–Crippen LogP) is 4.52. The molecule has 6 nitrogen and oxygen atoms in total. The summed E-state index contributed by atoms with van der Waals surface area (Å²) < 4.78 is 43.5. The van der Waals surface area contributed by atoms with Gasteiger partial charge in [0.15, 0.2) is 6.61 Å². The van der Waals surface area contributed by atoms with Crippen molar-refractivity contribution in [3.05, 3.63) is 89.5 Å². The molecule has 0 aromatic heterocycles. The molecule has 1 aliphatic rings. The van der Waals surface area contributed by atoms with Gasteiger partial charge in [0.1, 0.15) is 5.75 Å². The minimum atomic E-state index is -4.52. The summed E-state index contributed by atoms with van der Waals surface area (Å²) >= 11 is 0. The molecule has 0 saturated heterocycles. The number of carbonyl (C=O) groups is 3. The number of anilines is 2. The second-order valence-electron chi connectivity index (χ2n) is 6.90. The van der Waals surface area contributed by atoms with Gasteiger partial charge in [0.2, 0.25) is 0 Å². The van der Waals surface area contributed by atoms with E-state index in [9.17, 15) is 27.6 Å². The molecule has 0 saturated carbocycles. The van der Waals surface area contributed by atoms with E-state index >= 15 is 0 Å². The molecule has 1 heterocycles. The molecule has 1 aliphatic heterocycles. The first kappa shape index (κ1) is 21.1. The number of amides is 3. The van der Waals surface area contributed by atoms with Gasteiger partial charge < -0.3 is 10.1 Å². The zero-order valence-electron chi connectivity index (χ0n) is 16.3. The number of nitrogens with zero attached hydrogens (tertiary/aromatic N) is 1. The lowest BCUT2D eigenvalue weighted by Gasteiger charge is -2.15. The molecule has 4 rings (SSSR count). The van der Waals surface area contributed by atoms with Crippen LogP contribution in [0.4, 0.5) is 24.5 Å². The average Bonchev–Trinajstić information content (AvgIpc) is 3.02. The Labute approximate surface area is 180 Å². The van der Waals surface area contributed by atoms with Crippen molar-refractivity contribution in [2.24, 2.45) is 0 Å². The second kappa shape index (κ2) is 8.18. The van der Waals surface area contributed by atoms with Crippen molar-refractivity contribution in [3.63, 3.8) is 0 Å². The molecular weight excluding hydrogens is 425 g/mol. The lowest BCUT2D eigenvalue weighted by Crippen LogP contribution is -2.29. The van der Waals surface area contributed by atoms with Crippen molar-refractivity contribution in [2.75, 3.05) is 16.8 Å². The standard InChI is InChI=1S/C23H15F3N2O4/c24-23(25,26)14-5-3-8-17(11-14)32-13-20(29)27-15-6-4-7-16(12-15)28-21(30)18-9-1-2-10-19(18)22(28)31/h1-12H,13H2,(H,27,29). The Morgan fingerprint density at radius 2 is 1.53 bits per heavy atom. The van der Waals surface area contributed by atoms with E-state index in [1.807, 2.05) is 0 Å². The van der Waals surface area contributed by atoms with Crippen LogP contribution in [0.3, 0.4) is 0 Å². The van der Waals surface area contributed by atoms with Crippen LogP contribution in [0.15, 0.2) is 72.8 Å². The number of imide groups is 1. The summed E-state index contributed by atoms with van der Waals surface area (Å²) in [6.07, 6.45) is -4.52. The smallest absolute Gasteiger partial charge is 0.416 e. The summed E-state index contributed by atoms with van der Waals surface area (Å²) in [6, 6.07) is 16.7. The maximum atomic E-state index is 12.8. The van der Waals surface area contributed by atoms with Crippen LogP contribution in [-0.4, -0.2) is 24.3 Å². The third-order valence-electron chi connectivity index (χ3n) is 4.71. The van der Waals surface area contributed by atoms with Crippen LogP contribution < -0.4 is 15.0 Å². The number of carbonyl (C=O) groups excluding carboxylic acids is 3. The minimum absolute atomic E-state index is 0.102. The normalized spacial score (nSPS) is 13.2. The van der Waals surface area contributed by atoms with Gasteiger partial charge in [0.25, 0.3) is 17.7 Å². The van der Waals surface area contributed by atoms with Crippen LogP contribution in [0.25, 0.3) is 0 Å². The van der Waals surface area contributed by atoms with E-state index in [2.05, 4.69) is 5.32 Å². The highest BCUT2D eigenvalue weighted by molar-refractivity contribution is 6.34. The van der Waals surface area contributed by atoms with Crippen molar-refractivity contribution >= 4 is 29.1 Å². The van der Waals surface area contributed by atoms with E-state index in [1.54, 1.807) is 42.5 Å². The molecule has 32 heavy (non-hydrogen) atoms. The molecule has 3 aromatic carbocycles. The third-order valence-corrected chi connectivity index (χ3v) is 4.71. The fourth-order valence-electron chi connectivity index (χ4n) is 3.25. The summed E-state index contributed by atoms with van der Waals surface area (Å²) in [5.41, 5.74) is 0.261. The number of nitrogens with one attached hydrogen (secondary N) is 1. The lowest BCUT2D eigenvalue weighted by molar-refractivity contribution is -0.137. The zero-order valence-corrected chi connectivity index (χ0v) is 16.3. The van der Waals surface area contributed by atoms with Crippen LogP contribution in [-0.2, 0) is 11.0 Å². The van der Waals surface area contributed by atoms with Crippen molar-refractivity contribution in [1.82, 2.24) is 0 Å². The first-order chi connectivity index (χ1) is 15.2. The molecule has 0 atom stereocenters. The van der Waals surface area contributed by atoms with E-state index in [-0.39, 0.29) is 17.1 Å². The molecule has 162 valence electrons. The van der Waals surface area contributed by atoms with Gasteiger partial charge in [-0.1, -0.05) is 24.3 Å². The molecule has 1 N–H and O–H groups in total. The van der Waals surface area contributed by atoms with Crippen molar-refractivity contribution in [3.8, 4) is 5.75 Å². The summed E-state index contributed by atoms with van der Waals surface area (Å²) in [6.45, 7) is -0.529. The molecule has 0 fully saturated rings. The van der Waals surface area contributed by atoms with Gasteiger partial charge in [-0.25, -0.2) is 4.90 Å². The molecule has 3 aromatic rings. The molecule has 3 amide bonds. The Morgan fingerprint density at radius 3 is 2.19 bits per heavy atom. The number of benzene rings is 3. The number of fused-ring (bicyclic) bond motifs is 1. The first-order valence-electron chi connectivity index (χ1n) is 9.42. The molecule has 0 radical (unpaired) electrons. The number of rotatable bonds is 5. The average molecular weight is 440 g/mol. The van der Waals surface area contributed by atoms with Gasteiger partial charge in [-0.05, 0) is 48.5 Å². The van der Waals surface area contributed by atoms with E-state index in [1.165, 1.54) is 18.2 Å². The molecule has 0 spiro atoms. The Hall–Kier alpha value is -4.14. The molecular formula is C23H15F3N2O4. The van der Waals surface area contributed by atoms with Crippen LogP contribution in [0.1, 0.15) is 26.3 Å². The monoisotopic (exact) mass is 440 g/mol. The number of ether oxygens (including phenoxy) is 1. The van der Waals surface area contributed by atoms with Crippen LogP contribution in [0.2, 0.25) is 0 Å². The van der Waals surface area contributed by atoms with Gasteiger partial charge in [-0.15, -0.1) is 0 Å². The van der Waals surface area contributed by atoms with Gasteiger partial charge in [-0.3, -0.25) is 14.4 Å². The maximum Gasteiger partial charge on any atom is 0.416 e. The fraction of sp³-hybridized carbons (Fsp3) is 0.0870. The van der Waals surface area contributed by atoms with Crippen molar-refractivity contribution in [1.29, 1.82) is 0 Å². The fourth-order valence-corrected chi connectivity index (χ4v) is 3.25. The van der Waals surface area contributed by atoms with Gasteiger partial charge in [0, 0.05) is 5.69 Å². The van der Waals surface area contributed by atoms with E-state index in [0.717, 1.165) is 17.0 Å². The zero-order chi connectivity index (χ0) is 22.9. The number of hydrogen-bond donors (Lipinski definition) is 1. The Kier molecular flexibility index (Phi) is 5.40. The van der Waals surface area contributed by atoms with E-state index in [4.69, 9.17) is 4.74 Å². The summed E-state index contributed by atoms with van der Waals surface area (Å²) in [4.78, 5) is 38.4. The molecule has 0 unspecified atom stereocenters. The number of hydrogen-bond acceptors (Lipinski definition) is 4. The highest BCUT2D eigenvalue weighted by atomic mass is 19.4. The highest BCUT2D eigenvalue weighted by Crippen LogP contribution is 2.32. The molecule has 0 bridgehead atoms.